The number of amides is 2. The van der Waals surface area contributed by atoms with Gasteiger partial charge in [0, 0.05) is 18.7 Å². The number of ketones is 1. The van der Waals surface area contributed by atoms with Crippen LogP contribution in [0.1, 0.15) is 25.8 Å². The molecule has 4 heteroatoms. The molecule has 0 fully saturated rings. The second kappa shape index (κ2) is 7.36. The fraction of sp³-hybridized carbons (Fsp3) is 0.333. The maximum absolute atomic E-state index is 11.6. The molecular formula is C15H20N2O2. The van der Waals surface area contributed by atoms with Crippen molar-refractivity contribution in [3.63, 3.8) is 0 Å². The fourth-order valence-corrected chi connectivity index (χ4v) is 1.50. The average molecular weight is 260 g/mol. The lowest BCUT2D eigenvalue weighted by molar-refractivity contribution is -0.115. The molecule has 0 heterocycles. The van der Waals surface area contributed by atoms with Crippen LogP contribution in [0.5, 0.6) is 0 Å². The number of benzene rings is 1. The Hall–Kier alpha value is -2.10. The van der Waals surface area contributed by atoms with Gasteiger partial charge in [0.2, 0.25) is 0 Å². The number of aryl methyl sites for hydroxylation is 1. The minimum absolute atomic E-state index is 0.0346. The van der Waals surface area contributed by atoms with Gasteiger partial charge in [0.25, 0.3) is 0 Å². The highest BCUT2D eigenvalue weighted by Gasteiger charge is 2.04. The molecule has 1 aromatic rings. The van der Waals surface area contributed by atoms with Crippen LogP contribution in [0.15, 0.2) is 36.4 Å². The van der Waals surface area contributed by atoms with E-state index in [0.717, 1.165) is 12.1 Å². The van der Waals surface area contributed by atoms with Crippen molar-refractivity contribution in [3.05, 3.63) is 42.0 Å². The molecular weight excluding hydrogens is 240 g/mol. The van der Waals surface area contributed by atoms with Crippen molar-refractivity contribution in [1.29, 1.82) is 0 Å². The Kier molecular flexibility index (Phi) is 5.79. The Labute approximate surface area is 113 Å². The number of allylic oxidation sites excluding steroid dienone is 1. The van der Waals surface area contributed by atoms with Crippen molar-refractivity contribution in [2.75, 3.05) is 11.9 Å². The zero-order chi connectivity index (χ0) is 14.3. The Bertz CT molecular complexity index is 464. The number of nitrogens with one attached hydrogen (secondary N) is 2. The molecule has 2 amide bonds. The maximum atomic E-state index is 11.6. The maximum Gasteiger partial charge on any atom is 0.319 e. The molecule has 2 N–H and O–H groups in total. The quantitative estimate of drug-likeness (QED) is 0.773. The van der Waals surface area contributed by atoms with Crippen LogP contribution in [-0.4, -0.2) is 18.4 Å². The molecule has 0 spiro atoms. The SMILES string of the molecule is C=C(C)C(=O)CCNC(=O)Nc1ccc(CC)cc1. The lowest BCUT2D eigenvalue weighted by Crippen LogP contribution is -2.30. The lowest BCUT2D eigenvalue weighted by Gasteiger charge is -2.07. The van der Waals surface area contributed by atoms with Crippen LogP contribution in [0.3, 0.4) is 0 Å². The molecule has 0 aliphatic rings. The number of rotatable bonds is 6. The number of anilines is 1. The van der Waals surface area contributed by atoms with Gasteiger partial charge in [0.15, 0.2) is 5.78 Å². The Morgan fingerprint density at radius 2 is 1.84 bits per heavy atom. The van der Waals surface area contributed by atoms with E-state index < -0.39 is 0 Å². The molecule has 0 atom stereocenters. The van der Waals surface area contributed by atoms with Gasteiger partial charge in [-0.1, -0.05) is 25.6 Å². The number of carbonyl (C=O) groups is 2. The third-order valence-corrected chi connectivity index (χ3v) is 2.73. The standard InChI is InChI=1S/C15H20N2O2/c1-4-12-5-7-13(8-6-12)17-15(19)16-10-9-14(18)11(2)3/h5-8H,2,4,9-10H2,1,3H3,(H2,16,17,19). The molecule has 0 radical (unpaired) electrons. The Balaban J connectivity index is 2.34. The number of hydrogen-bond donors (Lipinski definition) is 2. The first kappa shape index (κ1) is 15.0. The van der Waals surface area contributed by atoms with Crippen molar-refractivity contribution in [2.45, 2.75) is 26.7 Å². The Morgan fingerprint density at radius 1 is 1.21 bits per heavy atom. The van der Waals surface area contributed by atoms with E-state index in [-0.39, 0.29) is 18.2 Å². The molecule has 102 valence electrons. The molecule has 4 nitrogen and oxygen atoms in total. The van der Waals surface area contributed by atoms with E-state index in [1.807, 2.05) is 24.3 Å². The van der Waals surface area contributed by atoms with Crippen LogP contribution in [0.25, 0.3) is 0 Å². The summed E-state index contributed by atoms with van der Waals surface area (Å²) in [7, 11) is 0. The summed E-state index contributed by atoms with van der Waals surface area (Å²) in [6.45, 7) is 7.61. The first-order chi connectivity index (χ1) is 9.02. The molecule has 0 aliphatic heterocycles. The van der Waals surface area contributed by atoms with E-state index in [9.17, 15) is 9.59 Å². The summed E-state index contributed by atoms with van der Waals surface area (Å²) in [5, 5.41) is 5.35. The van der Waals surface area contributed by atoms with Crippen LogP contribution in [0.4, 0.5) is 10.5 Å². The summed E-state index contributed by atoms with van der Waals surface area (Å²) >= 11 is 0. The molecule has 0 aliphatic carbocycles. The van der Waals surface area contributed by atoms with E-state index in [0.29, 0.717) is 12.1 Å². The first-order valence-electron chi connectivity index (χ1n) is 6.35. The molecule has 19 heavy (non-hydrogen) atoms. The van der Waals surface area contributed by atoms with Crippen molar-refractivity contribution >= 4 is 17.5 Å². The summed E-state index contributed by atoms with van der Waals surface area (Å²) in [4.78, 5) is 22.8. The largest absolute Gasteiger partial charge is 0.337 e. The molecule has 1 aromatic carbocycles. The van der Waals surface area contributed by atoms with Gasteiger partial charge in [-0.3, -0.25) is 4.79 Å². The topological polar surface area (TPSA) is 58.2 Å². The van der Waals surface area contributed by atoms with E-state index >= 15 is 0 Å². The third kappa shape index (κ3) is 5.38. The number of urea groups is 1. The van der Waals surface area contributed by atoms with Crippen LogP contribution in [0, 0.1) is 0 Å². The van der Waals surface area contributed by atoms with Crippen LogP contribution in [0.2, 0.25) is 0 Å². The van der Waals surface area contributed by atoms with E-state index in [4.69, 9.17) is 0 Å². The van der Waals surface area contributed by atoms with E-state index in [2.05, 4.69) is 24.1 Å². The molecule has 0 aromatic heterocycles. The van der Waals surface area contributed by atoms with Gasteiger partial charge in [-0.05, 0) is 36.6 Å². The highest BCUT2D eigenvalue weighted by molar-refractivity contribution is 5.95. The average Bonchev–Trinajstić information content (AvgIpc) is 2.39. The van der Waals surface area contributed by atoms with Gasteiger partial charge < -0.3 is 10.6 Å². The lowest BCUT2D eigenvalue weighted by atomic mass is 10.1. The first-order valence-corrected chi connectivity index (χ1v) is 6.35. The van der Waals surface area contributed by atoms with Crippen molar-refractivity contribution in [1.82, 2.24) is 5.32 Å². The molecule has 0 bridgehead atoms. The van der Waals surface area contributed by atoms with Crippen molar-refractivity contribution in [2.24, 2.45) is 0 Å². The highest BCUT2D eigenvalue weighted by atomic mass is 16.2. The normalized spacial score (nSPS) is 9.79. The summed E-state index contributed by atoms with van der Waals surface area (Å²) in [5.74, 6) is -0.0346. The number of hydrogen-bond acceptors (Lipinski definition) is 2. The molecule has 1 rings (SSSR count). The van der Waals surface area contributed by atoms with Crippen molar-refractivity contribution < 1.29 is 9.59 Å². The summed E-state index contributed by atoms with van der Waals surface area (Å²) in [5.41, 5.74) is 2.47. The van der Waals surface area contributed by atoms with Gasteiger partial charge in [0.05, 0.1) is 0 Å². The van der Waals surface area contributed by atoms with Gasteiger partial charge in [0.1, 0.15) is 0 Å². The molecule has 0 unspecified atom stereocenters. The van der Waals surface area contributed by atoms with Crippen LogP contribution in [-0.2, 0) is 11.2 Å². The van der Waals surface area contributed by atoms with Crippen molar-refractivity contribution in [3.8, 4) is 0 Å². The van der Waals surface area contributed by atoms with Crippen LogP contribution < -0.4 is 10.6 Å². The van der Waals surface area contributed by atoms with Gasteiger partial charge in [-0.2, -0.15) is 0 Å². The molecule has 0 saturated carbocycles. The van der Waals surface area contributed by atoms with Gasteiger partial charge in [-0.25, -0.2) is 4.79 Å². The second-order valence-electron chi connectivity index (χ2n) is 4.38. The predicted molar refractivity (Wildman–Crippen MR) is 77.3 cm³/mol. The minimum Gasteiger partial charge on any atom is -0.337 e. The predicted octanol–water partition coefficient (Wildman–Crippen LogP) is 2.91. The summed E-state index contributed by atoms with van der Waals surface area (Å²) in [6, 6.07) is 7.36. The summed E-state index contributed by atoms with van der Waals surface area (Å²) < 4.78 is 0. The minimum atomic E-state index is -0.307. The van der Waals surface area contributed by atoms with Gasteiger partial charge in [-0.15, -0.1) is 0 Å². The smallest absolute Gasteiger partial charge is 0.319 e. The van der Waals surface area contributed by atoms with Gasteiger partial charge >= 0.3 is 6.03 Å². The van der Waals surface area contributed by atoms with Crippen LogP contribution >= 0.6 is 0 Å². The van der Waals surface area contributed by atoms with E-state index in [1.54, 1.807) is 6.92 Å². The monoisotopic (exact) mass is 260 g/mol. The fourth-order valence-electron chi connectivity index (χ4n) is 1.50. The third-order valence-electron chi connectivity index (χ3n) is 2.73. The highest BCUT2D eigenvalue weighted by Crippen LogP contribution is 2.09. The van der Waals surface area contributed by atoms with E-state index in [1.165, 1.54) is 5.56 Å². The Morgan fingerprint density at radius 3 is 2.37 bits per heavy atom. The summed E-state index contributed by atoms with van der Waals surface area (Å²) in [6.07, 6.45) is 1.24. The zero-order valence-electron chi connectivity index (χ0n) is 11.5. The zero-order valence-corrected chi connectivity index (χ0v) is 11.5. The second-order valence-corrected chi connectivity index (χ2v) is 4.38. The number of Topliss-reactive ketones (excluding diaryl/α,β-unsaturated/α-hetero) is 1. The molecule has 0 saturated heterocycles. The number of carbonyl (C=O) groups excluding carboxylic acids is 2.